The summed E-state index contributed by atoms with van der Waals surface area (Å²) in [5.41, 5.74) is 9.60. The van der Waals surface area contributed by atoms with Gasteiger partial charge in [0.25, 0.3) is 5.89 Å². The van der Waals surface area contributed by atoms with Gasteiger partial charge in [-0.15, -0.1) is 0 Å². The molecule has 10 heteroatoms. The zero-order valence-electron chi connectivity index (χ0n) is 19.5. The Kier molecular flexibility index (Phi) is 6.99. The molecule has 3 heterocycles. The summed E-state index contributed by atoms with van der Waals surface area (Å²) in [6, 6.07) is 17.6. The molecule has 0 aliphatic carbocycles. The molecule has 0 radical (unpaired) electrons. The van der Waals surface area contributed by atoms with Crippen LogP contribution >= 0.6 is 0 Å². The van der Waals surface area contributed by atoms with Crippen LogP contribution < -0.4 is 16.6 Å². The lowest BCUT2D eigenvalue weighted by Gasteiger charge is -2.26. The molecule has 4 aromatic rings. The lowest BCUT2D eigenvalue weighted by Crippen LogP contribution is -2.35. The number of nitrogens with two attached hydrogens (primary N) is 2. The summed E-state index contributed by atoms with van der Waals surface area (Å²) < 4.78 is 25.5. The first kappa shape index (κ1) is 23.6. The molecule has 1 aliphatic heterocycles. The van der Waals surface area contributed by atoms with Crippen LogP contribution in [0.15, 0.2) is 77.6 Å². The summed E-state index contributed by atoms with van der Waals surface area (Å²) in [6.45, 7) is 4.08. The van der Waals surface area contributed by atoms with E-state index < -0.39 is 5.82 Å². The van der Waals surface area contributed by atoms with Crippen molar-refractivity contribution in [3.63, 3.8) is 0 Å². The molecule has 184 valence electrons. The SMILES string of the molecule is N/C(=C(/c1ccncc1)N(N)c1ccccc1F)c1nc(-c2cccc(CN3CCOCC3)c2)no1. The van der Waals surface area contributed by atoms with Crippen LogP contribution in [0, 0.1) is 5.82 Å². The normalized spacial score (nSPS) is 14.9. The van der Waals surface area contributed by atoms with Crippen LogP contribution in [0.2, 0.25) is 0 Å². The van der Waals surface area contributed by atoms with Gasteiger partial charge in [-0.3, -0.25) is 14.9 Å². The predicted molar refractivity (Wildman–Crippen MR) is 134 cm³/mol. The molecule has 0 unspecified atom stereocenters. The number of benzene rings is 2. The predicted octanol–water partition coefficient (Wildman–Crippen LogP) is 3.27. The van der Waals surface area contributed by atoms with Gasteiger partial charge in [-0.1, -0.05) is 35.5 Å². The Morgan fingerprint density at radius 3 is 2.58 bits per heavy atom. The van der Waals surface area contributed by atoms with Crippen LogP contribution in [0.1, 0.15) is 17.0 Å². The molecular weight excluding hydrogens is 461 g/mol. The fourth-order valence-electron chi connectivity index (χ4n) is 4.08. The first-order valence-electron chi connectivity index (χ1n) is 11.5. The van der Waals surface area contributed by atoms with Crippen molar-refractivity contribution in [1.29, 1.82) is 0 Å². The summed E-state index contributed by atoms with van der Waals surface area (Å²) in [5.74, 6) is 6.33. The van der Waals surface area contributed by atoms with E-state index in [9.17, 15) is 4.39 Å². The third kappa shape index (κ3) is 5.10. The number of ether oxygens (including phenoxy) is 1. The van der Waals surface area contributed by atoms with Crippen LogP contribution in [-0.2, 0) is 11.3 Å². The molecule has 0 amide bonds. The van der Waals surface area contributed by atoms with E-state index in [1.54, 1.807) is 42.7 Å². The smallest absolute Gasteiger partial charge is 0.276 e. The molecular formula is C26H26FN7O2. The maximum absolute atomic E-state index is 14.6. The fourth-order valence-corrected chi connectivity index (χ4v) is 4.08. The zero-order chi connectivity index (χ0) is 24.9. The summed E-state index contributed by atoms with van der Waals surface area (Å²) in [7, 11) is 0. The van der Waals surface area contributed by atoms with Crippen LogP contribution in [0.5, 0.6) is 0 Å². The number of hydrogen-bond donors (Lipinski definition) is 2. The zero-order valence-corrected chi connectivity index (χ0v) is 19.5. The van der Waals surface area contributed by atoms with Gasteiger partial charge < -0.3 is 15.0 Å². The number of pyridine rings is 1. The van der Waals surface area contributed by atoms with Crippen molar-refractivity contribution in [3.8, 4) is 11.4 Å². The van der Waals surface area contributed by atoms with Crippen molar-refractivity contribution >= 4 is 17.1 Å². The molecule has 4 N–H and O–H groups in total. The van der Waals surface area contributed by atoms with Crippen molar-refractivity contribution < 1.29 is 13.7 Å². The lowest BCUT2D eigenvalue weighted by atomic mass is 10.1. The molecule has 0 saturated carbocycles. The first-order chi connectivity index (χ1) is 17.6. The molecule has 0 bridgehead atoms. The summed E-state index contributed by atoms with van der Waals surface area (Å²) in [4.78, 5) is 10.9. The molecule has 2 aromatic carbocycles. The fraction of sp³-hybridized carbons (Fsp3) is 0.192. The third-order valence-electron chi connectivity index (χ3n) is 5.91. The van der Waals surface area contributed by atoms with E-state index in [0.29, 0.717) is 17.1 Å². The average Bonchev–Trinajstić information content (AvgIpc) is 3.41. The van der Waals surface area contributed by atoms with Crippen molar-refractivity contribution in [2.24, 2.45) is 11.6 Å². The maximum atomic E-state index is 14.6. The van der Waals surface area contributed by atoms with Crippen molar-refractivity contribution in [3.05, 3.63) is 95.9 Å². The number of morpholine rings is 1. The number of hydrazine groups is 1. The van der Waals surface area contributed by atoms with Crippen molar-refractivity contribution in [1.82, 2.24) is 20.0 Å². The standard InChI is InChI=1S/C26H26FN7O2/c27-21-6-1-2-7-22(21)34(29)24(19-8-10-30-11-9-19)23(28)26-31-25(32-36-26)20-5-3-4-18(16-20)17-33-12-14-35-15-13-33/h1-11,16H,12-15,17,28-29H2/b24-23-. The number of rotatable bonds is 7. The molecule has 36 heavy (non-hydrogen) atoms. The Morgan fingerprint density at radius 2 is 1.81 bits per heavy atom. The Bertz CT molecular complexity index is 1350. The number of nitrogens with zero attached hydrogens (tertiary/aromatic N) is 5. The third-order valence-corrected chi connectivity index (χ3v) is 5.91. The van der Waals surface area contributed by atoms with E-state index in [2.05, 4.69) is 26.1 Å². The number of halogens is 1. The highest BCUT2D eigenvalue weighted by molar-refractivity contribution is 5.93. The molecule has 1 saturated heterocycles. The van der Waals surface area contributed by atoms with Gasteiger partial charge in [-0.25, -0.2) is 10.2 Å². The Hall–Kier alpha value is -4.12. The number of aromatic nitrogens is 3. The Morgan fingerprint density at radius 1 is 1.03 bits per heavy atom. The molecule has 5 rings (SSSR count). The second kappa shape index (κ2) is 10.6. The van der Waals surface area contributed by atoms with Gasteiger partial charge >= 0.3 is 0 Å². The van der Waals surface area contributed by atoms with Gasteiger partial charge in [0.05, 0.1) is 24.6 Å². The van der Waals surface area contributed by atoms with Gasteiger partial charge in [0, 0.05) is 43.2 Å². The minimum absolute atomic E-state index is 0.0715. The van der Waals surface area contributed by atoms with Crippen LogP contribution in [0.25, 0.3) is 22.8 Å². The van der Waals surface area contributed by atoms with Crippen molar-refractivity contribution in [2.75, 3.05) is 31.3 Å². The second-order valence-electron chi connectivity index (χ2n) is 8.33. The highest BCUT2D eigenvalue weighted by Gasteiger charge is 2.22. The van der Waals surface area contributed by atoms with E-state index in [4.69, 9.17) is 20.8 Å². The number of hydrogen-bond acceptors (Lipinski definition) is 9. The molecule has 1 fully saturated rings. The number of para-hydroxylation sites is 1. The van der Waals surface area contributed by atoms with Crippen molar-refractivity contribution in [2.45, 2.75) is 6.54 Å². The van der Waals surface area contributed by atoms with E-state index in [1.807, 2.05) is 18.2 Å². The van der Waals surface area contributed by atoms with Gasteiger partial charge in [0.15, 0.2) is 0 Å². The molecule has 0 atom stereocenters. The second-order valence-corrected chi connectivity index (χ2v) is 8.33. The summed E-state index contributed by atoms with van der Waals surface area (Å²) in [5, 5.41) is 5.31. The summed E-state index contributed by atoms with van der Waals surface area (Å²) >= 11 is 0. The molecule has 1 aliphatic rings. The first-order valence-corrected chi connectivity index (χ1v) is 11.5. The number of anilines is 1. The van der Waals surface area contributed by atoms with Crippen LogP contribution in [0.4, 0.5) is 10.1 Å². The van der Waals surface area contributed by atoms with Gasteiger partial charge in [0.2, 0.25) is 5.82 Å². The highest BCUT2D eigenvalue weighted by Crippen LogP contribution is 2.30. The van der Waals surface area contributed by atoms with Crippen LogP contribution in [-0.4, -0.2) is 46.3 Å². The van der Waals surface area contributed by atoms with E-state index in [0.717, 1.165) is 44.0 Å². The minimum Gasteiger partial charge on any atom is -0.392 e. The lowest BCUT2D eigenvalue weighted by molar-refractivity contribution is 0.0342. The van der Waals surface area contributed by atoms with E-state index in [1.165, 1.54) is 11.1 Å². The maximum Gasteiger partial charge on any atom is 0.276 e. The molecule has 9 nitrogen and oxygen atoms in total. The molecule has 2 aromatic heterocycles. The van der Waals surface area contributed by atoms with Gasteiger partial charge in [-0.2, -0.15) is 4.98 Å². The largest absolute Gasteiger partial charge is 0.392 e. The van der Waals surface area contributed by atoms with Gasteiger partial charge in [0.1, 0.15) is 11.5 Å². The Balaban J connectivity index is 1.48. The minimum atomic E-state index is -0.498. The van der Waals surface area contributed by atoms with E-state index in [-0.39, 0.29) is 17.3 Å². The quantitative estimate of drug-likeness (QED) is 0.299. The average molecular weight is 488 g/mol. The van der Waals surface area contributed by atoms with E-state index >= 15 is 0 Å². The van der Waals surface area contributed by atoms with Crippen LogP contribution in [0.3, 0.4) is 0 Å². The highest BCUT2D eigenvalue weighted by atomic mass is 19.1. The van der Waals surface area contributed by atoms with Gasteiger partial charge in [-0.05, 0) is 35.9 Å². The Labute approximate surface area is 207 Å². The summed E-state index contributed by atoms with van der Waals surface area (Å²) in [6.07, 6.45) is 3.19. The molecule has 0 spiro atoms. The monoisotopic (exact) mass is 487 g/mol. The topological polar surface area (TPSA) is 120 Å².